The molecule has 0 heterocycles. The van der Waals surface area contributed by atoms with Gasteiger partial charge in [-0.1, -0.05) is 6.07 Å². The number of nitrogen functional groups attached to an aromatic ring is 1. The van der Waals surface area contributed by atoms with Crippen LogP contribution in [0.5, 0.6) is 0 Å². The molecule has 0 bridgehead atoms. The molecule has 1 aromatic rings. The number of benzene rings is 1. The molecular formula is C11H18N2O3S. The van der Waals surface area contributed by atoms with E-state index in [0.717, 1.165) is 4.31 Å². The second kappa shape index (κ2) is 5.03. The molecule has 1 unspecified atom stereocenters. The first-order valence-electron chi connectivity index (χ1n) is 5.25. The maximum absolute atomic E-state index is 12.3. The van der Waals surface area contributed by atoms with Crippen molar-refractivity contribution in [1.29, 1.82) is 0 Å². The Morgan fingerprint density at radius 2 is 2.06 bits per heavy atom. The fourth-order valence-corrected chi connectivity index (χ4v) is 3.01. The van der Waals surface area contributed by atoms with Gasteiger partial charge in [-0.2, -0.15) is 4.31 Å². The van der Waals surface area contributed by atoms with Crippen LogP contribution in [-0.4, -0.2) is 37.5 Å². The van der Waals surface area contributed by atoms with Crippen LogP contribution in [0.2, 0.25) is 0 Å². The van der Waals surface area contributed by atoms with Gasteiger partial charge in [-0.25, -0.2) is 8.42 Å². The minimum Gasteiger partial charge on any atom is -0.399 e. The van der Waals surface area contributed by atoms with Gasteiger partial charge in [0, 0.05) is 18.8 Å². The van der Waals surface area contributed by atoms with E-state index in [2.05, 4.69) is 0 Å². The number of hydrogen-bond donors (Lipinski definition) is 2. The van der Waals surface area contributed by atoms with Crippen molar-refractivity contribution in [1.82, 2.24) is 4.31 Å². The number of nitrogens with zero attached hydrogens (tertiary/aromatic N) is 1. The van der Waals surface area contributed by atoms with E-state index >= 15 is 0 Å². The highest BCUT2D eigenvalue weighted by Gasteiger charge is 2.26. The van der Waals surface area contributed by atoms with E-state index in [4.69, 9.17) is 10.8 Å². The summed E-state index contributed by atoms with van der Waals surface area (Å²) in [6.45, 7) is 3.13. The van der Waals surface area contributed by atoms with Gasteiger partial charge in [0.15, 0.2) is 0 Å². The van der Waals surface area contributed by atoms with E-state index in [1.165, 1.54) is 13.1 Å². The number of nitrogens with two attached hydrogens (primary N) is 1. The Bertz CT molecular complexity index is 499. The molecule has 3 N–H and O–H groups in total. The molecule has 6 heteroatoms. The average Bonchev–Trinajstić information content (AvgIpc) is 2.30. The molecule has 0 aliphatic heterocycles. The van der Waals surface area contributed by atoms with Crippen molar-refractivity contribution in [2.75, 3.05) is 19.4 Å². The molecule has 0 radical (unpaired) electrons. The second-order valence-corrected chi connectivity index (χ2v) is 6.04. The zero-order valence-corrected chi connectivity index (χ0v) is 11.0. The molecule has 1 atom stereocenters. The van der Waals surface area contributed by atoms with Gasteiger partial charge >= 0.3 is 0 Å². The third kappa shape index (κ3) is 2.77. The van der Waals surface area contributed by atoms with E-state index in [0.29, 0.717) is 11.3 Å². The van der Waals surface area contributed by atoms with Gasteiger partial charge < -0.3 is 10.8 Å². The molecule has 0 aliphatic rings. The summed E-state index contributed by atoms with van der Waals surface area (Å²) in [6, 6.07) is 4.29. The molecule has 0 aromatic heterocycles. The highest BCUT2D eigenvalue weighted by Crippen LogP contribution is 2.22. The van der Waals surface area contributed by atoms with E-state index in [1.807, 2.05) is 0 Å². The van der Waals surface area contributed by atoms with Crippen LogP contribution in [0.3, 0.4) is 0 Å². The molecule has 5 nitrogen and oxygen atoms in total. The van der Waals surface area contributed by atoms with Gasteiger partial charge in [0.25, 0.3) is 0 Å². The summed E-state index contributed by atoms with van der Waals surface area (Å²) >= 11 is 0. The number of hydrogen-bond acceptors (Lipinski definition) is 4. The van der Waals surface area contributed by atoms with Crippen LogP contribution in [0.15, 0.2) is 23.1 Å². The molecule has 0 aliphatic carbocycles. The van der Waals surface area contributed by atoms with Crippen LogP contribution in [0.25, 0.3) is 0 Å². The summed E-state index contributed by atoms with van der Waals surface area (Å²) in [7, 11) is -2.17. The maximum atomic E-state index is 12.3. The Hall–Kier alpha value is -1.11. The van der Waals surface area contributed by atoms with Gasteiger partial charge in [0.2, 0.25) is 10.0 Å². The number of aryl methyl sites for hydroxylation is 1. The van der Waals surface area contributed by atoms with Gasteiger partial charge in [0.05, 0.1) is 11.5 Å². The molecule has 0 saturated carbocycles. The zero-order valence-electron chi connectivity index (χ0n) is 10.2. The molecule has 0 saturated heterocycles. The average molecular weight is 258 g/mol. The lowest BCUT2D eigenvalue weighted by Crippen LogP contribution is -2.37. The van der Waals surface area contributed by atoms with E-state index in [9.17, 15) is 8.42 Å². The zero-order chi connectivity index (χ0) is 13.2. The fourth-order valence-electron chi connectivity index (χ4n) is 1.40. The second-order valence-electron chi connectivity index (χ2n) is 4.08. The Morgan fingerprint density at radius 1 is 1.47 bits per heavy atom. The maximum Gasteiger partial charge on any atom is 0.243 e. The molecule has 0 amide bonds. The largest absolute Gasteiger partial charge is 0.399 e. The van der Waals surface area contributed by atoms with Crippen molar-refractivity contribution < 1.29 is 13.5 Å². The summed E-state index contributed by atoms with van der Waals surface area (Å²) in [4.78, 5) is 0.181. The summed E-state index contributed by atoms with van der Waals surface area (Å²) in [5.41, 5.74) is 6.64. The monoisotopic (exact) mass is 258 g/mol. The normalized spacial score (nSPS) is 13.9. The Morgan fingerprint density at radius 3 is 2.59 bits per heavy atom. The molecule has 0 spiro atoms. The summed E-state index contributed by atoms with van der Waals surface area (Å²) < 4.78 is 25.7. The number of likely N-dealkylation sites (N-methyl/N-ethyl adjacent to an activating group) is 1. The first-order chi connectivity index (χ1) is 7.80. The van der Waals surface area contributed by atoms with Crippen molar-refractivity contribution >= 4 is 15.7 Å². The van der Waals surface area contributed by atoms with Crippen molar-refractivity contribution in [3.8, 4) is 0 Å². The van der Waals surface area contributed by atoms with Crippen molar-refractivity contribution in [2.45, 2.75) is 24.8 Å². The minimum absolute atomic E-state index is 0.181. The number of sulfonamides is 1. The predicted molar refractivity (Wildman–Crippen MR) is 67.1 cm³/mol. The Labute approximate surface area is 102 Å². The SMILES string of the molecule is Cc1ccc(N)cc1S(=O)(=O)N(C)C(C)CO. The van der Waals surface area contributed by atoms with Crippen molar-refractivity contribution in [3.05, 3.63) is 23.8 Å². The number of aliphatic hydroxyl groups is 1. The summed E-state index contributed by atoms with van der Waals surface area (Å²) in [5.74, 6) is 0. The molecule has 1 aromatic carbocycles. The highest BCUT2D eigenvalue weighted by atomic mass is 32.2. The third-order valence-corrected chi connectivity index (χ3v) is 4.87. The molecule has 0 fully saturated rings. The van der Waals surface area contributed by atoms with Crippen molar-refractivity contribution in [2.24, 2.45) is 0 Å². The molecule has 1 rings (SSSR count). The smallest absolute Gasteiger partial charge is 0.243 e. The lowest BCUT2D eigenvalue weighted by molar-refractivity contribution is 0.214. The first kappa shape index (κ1) is 14.0. The summed E-state index contributed by atoms with van der Waals surface area (Å²) in [5, 5.41) is 9.01. The third-order valence-electron chi connectivity index (χ3n) is 2.75. The fraction of sp³-hybridized carbons (Fsp3) is 0.455. The van der Waals surface area contributed by atoms with Crippen LogP contribution < -0.4 is 5.73 Å². The topological polar surface area (TPSA) is 83.6 Å². The predicted octanol–water partition coefficient (Wildman–Crippen LogP) is 0.579. The van der Waals surface area contributed by atoms with Gasteiger partial charge in [-0.3, -0.25) is 0 Å². The van der Waals surface area contributed by atoms with Gasteiger partial charge in [-0.15, -0.1) is 0 Å². The van der Waals surface area contributed by atoms with Gasteiger partial charge in [0.1, 0.15) is 0 Å². The quantitative estimate of drug-likeness (QED) is 0.774. The molecular weight excluding hydrogens is 240 g/mol. The van der Waals surface area contributed by atoms with Crippen LogP contribution in [0.1, 0.15) is 12.5 Å². The Balaban J connectivity index is 3.26. The minimum atomic E-state index is -3.61. The molecule has 96 valence electrons. The van der Waals surface area contributed by atoms with Crippen LogP contribution in [-0.2, 0) is 10.0 Å². The standard InChI is InChI=1S/C11H18N2O3S/c1-8-4-5-10(12)6-11(8)17(15,16)13(3)9(2)7-14/h4-6,9,14H,7,12H2,1-3H3. The Kier molecular flexibility index (Phi) is 4.13. The number of anilines is 1. The van der Waals surface area contributed by atoms with Gasteiger partial charge in [-0.05, 0) is 31.5 Å². The number of rotatable bonds is 4. The van der Waals surface area contributed by atoms with E-state index in [1.54, 1.807) is 26.0 Å². The highest BCUT2D eigenvalue weighted by molar-refractivity contribution is 7.89. The van der Waals surface area contributed by atoms with Crippen LogP contribution in [0.4, 0.5) is 5.69 Å². The van der Waals surface area contributed by atoms with E-state index in [-0.39, 0.29) is 11.5 Å². The summed E-state index contributed by atoms with van der Waals surface area (Å²) in [6.07, 6.45) is 0. The van der Waals surface area contributed by atoms with Crippen LogP contribution >= 0.6 is 0 Å². The lowest BCUT2D eigenvalue weighted by atomic mass is 10.2. The van der Waals surface area contributed by atoms with Crippen LogP contribution in [0, 0.1) is 6.92 Å². The lowest BCUT2D eigenvalue weighted by Gasteiger charge is -2.23. The molecule has 17 heavy (non-hydrogen) atoms. The van der Waals surface area contributed by atoms with E-state index < -0.39 is 16.1 Å². The first-order valence-corrected chi connectivity index (χ1v) is 6.69. The number of aliphatic hydroxyl groups excluding tert-OH is 1. The van der Waals surface area contributed by atoms with Crippen molar-refractivity contribution in [3.63, 3.8) is 0 Å².